The number of benzene rings is 1. The number of rotatable bonds is 10. The molecule has 4 saturated carbocycles. The van der Waals surface area contributed by atoms with Gasteiger partial charge < -0.3 is 14.5 Å². The topological polar surface area (TPSA) is 92.4 Å². The number of amides is 1. The van der Waals surface area contributed by atoms with Crippen LogP contribution in [0.1, 0.15) is 94.3 Å². The average Bonchev–Trinajstić information content (AvgIpc) is 3.45. The number of hydrogen-bond donors (Lipinski definition) is 1. The van der Waals surface area contributed by atoms with Crippen LogP contribution in [-0.2, 0) is 15.8 Å². The molecule has 7 rings (SSSR count). The molecule has 1 aromatic carbocycles. The number of nitrogens with zero attached hydrogens (tertiary/aromatic N) is 4. The third kappa shape index (κ3) is 5.14. The zero-order valence-corrected chi connectivity index (χ0v) is 24.1. The second-order valence-corrected chi connectivity index (χ2v) is 13.5. The van der Waals surface area contributed by atoms with Crippen molar-refractivity contribution in [3.05, 3.63) is 58.5 Å². The molecular formula is C31H37FN4O3S. The number of aromatic nitrogens is 3. The predicted octanol–water partition coefficient (Wildman–Crippen LogP) is 6.84. The highest BCUT2D eigenvalue weighted by molar-refractivity contribution is 7.10. The predicted molar refractivity (Wildman–Crippen MR) is 153 cm³/mol. The van der Waals surface area contributed by atoms with Crippen LogP contribution in [0, 0.1) is 5.41 Å². The Labute approximate surface area is 238 Å². The van der Waals surface area contributed by atoms with Gasteiger partial charge in [0.05, 0.1) is 12.4 Å². The first-order valence-electron chi connectivity index (χ1n) is 14.3. The molecule has 2 heterocycles. The maximum Gasteiger partial charge on any atom is 0.253 e. The van der Waals surface area contributed by atoms with Gasteiger partial charge in [0.15, 0.2) is 5.82 Å². The van der Waals surface area contributed by atoms with Gasteiger partial charge in [0, 0.05) is 46.5 Å². The van der Waals surface area contributed by atoms with Gasteiger partial charge in [-0.25, -0.2) is 4.98 Å². The molecule has 0 spiro atoms. The molecule has 4 fully saturated rings. The van der Waals surface area contributed by atoms with Gasteiger partial charge in [0.2, 0.25) is 5.89 Å². The third-order valence-corrected chi connectivity index (χ3v) is 10.3. The fraction of sp³-hybridized carbons (Fsp3) is 0.548. The van der Waals surface area contributed by atoms with Crippen LogP contribution in [0.5, 0.6) is 0 Å². The maximum atomic E-state index is 13.7. The molecule has 1 N–H and O–H groups in total. The summed E-state index contributed by atoms with van der Waals surface area (Å²) < 4.78 is 19.0. The number of alkyl halides is 1. The molecule has 7 nitrogen and oxygen atoms in total. The van der Waals surface area contributed by atoms with E-state index in [1.807, 2.05) is 29.6 Å². The number of aliphatic hydroxyl groups is 1. The average molecular weight is 565 g/mol. The molecule has 9 heteroatoms. The fourth-order valence-corrected chi connectivity index (χ4v) is 7.18. The van der Waals surface area contributed by atoms with Crippen molar-refractivity contribution in [1.29, 1.82) is 0 Å². The second kappa shape index (κ2) is 10.2. The Morgan fingerprint density at radius 1 is 1.20 bits per heavy atom. The molecule has 4 aliphatic rings. The van der Waals surface area contributed by atoms with E-state index in [9.17, 15) is 14.3 Å². The number of hydrogen-bond acceptors (Lipinski definition) is 7. The molecule has 212 valence electrons. The Morgan fingerprint density at radius 2 is 1.93 bits per heavy atom. The van der Waals surface area contributed by atoms with E-state index >= 15 is 0 Å². The first kappa shape index (κ1) is 27.3. The fourth-order valence-electron chi connectivity index (χ4n) is 6.33. The van der Waals surface area contributed by atoms with Crippen LogP contribution < -0.4 is 4.90 Å². The Hall–Kier alpha value is -2.91. The molecule has 40 heavy (non-hydrogen) atoms. The van der Waals surface area contributed by atoms with E-state index in [-0.39, 0.29) is 28.7 Å². The zero-order valence-electron chi connectivity index (χ0n) is 23.3. The summed E-state index contributed by atoms with van der Waals surface area (Å²) in [7, 11) is 0. The summed E-state index contributed by atoms with van der Waals surface area (Å²) in [6, 6.07) is 7.77. The quantitative estimate of drug-likeness (QED) is 0.271. The maximum absolute atomic E-state index is 13.7. The summed E-state index contributed by atoms with van der Waals surface area (Å²) in [6.45, 7) is 7.31. The molecule has 2 aromatic heterocycles. The van der Waals surface area contributed by atoms with Crippen molar-refractivity contribution in [1.82, 2.24) is 15.1 Å². The van der Waals surface area contributed by atoms with E-state index in [1.54, 1.807) is 18.7 Å². The summed E-state index contributed by atoms with van der Waals surface area (Å²) in [4.78, 5) is 25.0. The molecule has 0 unspecified atom stereocenters. The monoisotopic (exact) mass is 564 g/mol. The first-order chi connectivity index (χ1) is 19.1. The lowest BCUT2D eigenvalue weighted by molar-refractivity contribution is -0.116. The van der Waals surface area contributed by atoms with Crippen molar-refractivity contribution >= 4 is 22.9 Å². The van der Waals surface area contributed by atoms with Gasteiger partial charge in [0.25, 0.3) is 5.91 Å². The molecule has 2 bridgehead atoms. The largest absolute Gasteiger partial charge is 0.383 e. The first-order valence-corrected chi connectivity index (χ1v) is 15.2. The minimum absolute atomic E-state index is 0.0205. The van der Waals surface area contributed by atoms with Crippen molar-refractivity contribution in [2.75, 3.05) is 18.1 Å². The summed E-state index contributed by atoms with van der Waals surface area (Å²) in [6.07, 6.45) is 8.11. The van der Waals surface area contributed by atoms with Gasteiger partial charge in [-0.1, -0.05) is 23.9 Å². The number of fused-ring (bicyclic) bond motifs is 3. The lowest BCUT2D eigenvalue weighted by atomic mass is 9.53. The van der Waals surface area contributed by atoms with Crippen LogP contribution in [0.2, 0.25) is 0 Å². The minimum Gasteiger partial charge on any atom is -0.383 e. The van der Waals surface area contributed by atoms with Crippen molar-refractivity contribution < 1.29 is 18.8 Å². The second-order valence-electron chi connectivity index (χ2n) is 12.6. The van der Waals surface area contributed by atoms with Gasteiger partial charge in [-0.2, -0.15) is 4.98 Å². The number of halogens is 1. The molecule has 0 saturated heterocycles. The van der Waals surface area contributed by atoms with Gasteiger partial charge in [-0.3, -0.25) is 9.18 Å². The summed E-state index contributed by atoms with van der Waals surface area (Å²) in [5, 5.41) is 17.2. The van der Waals surface area contributed by atoms with E-state index in [0.717, 1.165) is 80.0 Å². The smallest absolute Gasteiger partial charge is 0.253 e. The summed E-state index contributed by atoms with van der Waals surface area (Å²) >= 11 is 1.41. The van der Waals surface area contributed by atoms with Crippen molar-refractivity contribution in [2.45, 2.75) is 88.6 Å². The Kier molecular flexibility index (Phi) is 6.94. The van der Waals surface area contributed by atoms with Gasteiger partial charge >= 0.3 is 0 Å². The number of anilines is 1. The summed E-state index contributed by atoms with van der Waals surface area (Å²) in [5.41, 5.74) is 1.54. The van der Waals surface area contributed by atoms with Crippen molar-refractivity contribution in [3.63, 3.8) is 0 Å². The molecule has 0 atom stereocenters. The lowest BCUT2D eigenvalue weighted by Gasteiger charge is -2.53. The van der Waals surface area contributed by atoms with Crippen molar-refractivity contribution in [3.8, 4) is 11.3 Å². The zero-order chi connectivity index (χ0) is 28.1. The highest BCUT2D eigenvalue weighted by Gasteiger charge is 2.53. The lowest BCUT2D eigenvalue weighted by Crippen LogP contribution is -2.51. The third-order valence-electron chi connectivity index (χ3n) is 9.16. The van der Waals surface area contributed by atoms with Crippen LogP contribution in [0.3, 0.4) is 0 Å². The van der Waals surface area contributed by atoms with Gasteiger partial charge in [-0.15, -0.1) is 11.3 Å². The van der Waals surface area contributed by atoms with Crippen molar-refractivity contribution in [2.24, 2.45) is 5.41 Å². The van der Waals surface area contributed by atoms with Gasteiger partial charge in [-0.05, 0) is 82.8 Å². The highest BCUT2D eigenvalue weighted by Crippen LogP contribution is 2.58. The van der Waals surface area contributed by atoms with E-state index in [1.165, 1.54) is 11.3 Å². The molecule has 4 aliphatic carbocycles. The SMILES string of the molecule is C=C(CCF)C(=O)N(CC12CCC(c3nc(C4CC4)no3)(CC1)CC2)c1cccc(-c2csc(C(C)(C)O)n2)c1. The Balaban J connectivity index is 1.25. The molecule has 0 radical (unpaired) electrons. The number of thiazole rings is 1. The van der Waals surface area contributed by atoms with E-state index in [2.05, 4.69) is 16.7 Å². The highest BCUT2D eigenvalue weighted by atomic mass is 32.1. The molecular weight excluding hydrogens is 527 g/mol. The van der Waals surface area contributed by atoms with Crippen LogP contribution in [0.25, 0.3) is 11.3 Å². The standard InChI is InChI=1S/C31H37FN4O3S/c1-20(9-16-32)26(37)36(23-6-4-5-22(17-23)24-18-40-28(33-24)29(2,3)38)19-30-10-13-31(14-11-30,15-12-30)27-34-25(35-39-27)21-7-8-21/h4-6,17-18,21,38H,1,7-16,19H2,2-3H3. The Bertz CT molecular complexity index is 1400. The van der Waals surface area contributed by atoms with E-state index < -0.39 is 12.3 Å². The summed E-state index contributed by atoms with van der Waals surface area (Å²) in [5.74, 6) is 1.91. The molecule has 3 aromatic rings. The number of carbonyl (C=O) groups is 1. The molecule has 0 aliphatic heterocycles. The van der Waals surface area contributed by atoms with Crippen LogP contribution in [-0.4, -0.2) is 39.4 Å². The molecule has 1 amide bonds. The van der Waals surface area contributed by atoms with E-state index in [0.29, 0.717) is 17.5 Å². The normalized spacial score (nSPS) is 24.3. The van der Waals surface area contributed by atoms with Crippen LogP contribution in [0.15, 0.2) is 46.3 Å². The van der Waals surface area contributed by atoms with E-state index in [4.69, 9.17) is 9.51 Å². The minimum atomic E-state index is -1.02. The van der Waals surface area contributed by atoms with Crippen LogP contribution in [0.4, 0.5) is 10.1 Å². The van der Waals surface area contributed by atoms with Crippen LogP contribution >= 0.6 is 11.3 Å². The number of carbonyl (C=O) groups excluding carboxylic acids is 1. The Morgan fingerprint density at radius 3 is 2.55 bits per heavy atom. The van der Waals surface area contributed by atoms with Gasteiger partial charge in [0.1, 0.15) is 10.6 Å².